The van der Waals surface area contributed by atoms with Gasteiger partial charge in [-0.25, -0.2) is 17.5 Å². The van der Waals surface area contributed by atoms with Crippen molar-refractivity contribution >= 4 is 26.0 Å². The Bertz CT molecular complexity index is 494. The van der Waals surface area contributed by atoms with E-state index in [2.05, 4.69) is 20.7 Å². The number of aliphatic hydroxyl groups excluding tert-OH is 2. The van der Waals surface area contributed by atoms with Crippen molar-refractivity contribution in [1.82, 2.24) is 4.72 Å². The average molecular weight is 328 g/mol. The van der Waals surface area contributed by atoms with Crippen LogP contribution in [0, 0.1) is 5.82 Å². The van der Waals surface area contributed by atoms with Crippen LogP contribution in [0.15, 0.2) is 27.6 Å². The first-order valence-corrected chi connectivity index (χ1v) is 6.88. The lowest BCUT2D eigenvalue weighted by atomic mass is 10.3. The highest BCUT2D eigenvalue weighted by atomic mass is 79.9. The highest BCUT2D eigenvalue weighted by Gasteiger charge is 2.16. The van der Waals surface area contributed by atoms with Crippen molar-refractivity contribution in [3.63, 3.8) is 0 Å². The van der Waals surface area contributed by atoms with Gasteiger partial charge in [-0.3, -0.25) is 0 Å². The van der Waals surface area contributed by atoms with E-state index in [-0.39, 0.29) is 15.9 Å². The minimum Gasteiger partial charge on any atom is -0.394 e. The summed E-state index contributed by atoms with van der Waals surface area (Å²) in [6.45, 7) is -0.895. The average Bonchev–Trinajstić information content (AvgIpc) is 2.29. The van der Waals surface area contributed by atoms with Crippen molar-refractivity contribution in [3.8, 4) is 0 Å². The predicted octanol–water partition coefficient (Wildman–Crippen LogP) is 0.220. The van der Waals surface area contributed by atoms with Gasteiger partial charge in [-0.15, -0.1) is 0 Å². The summed E-state index contributed by atoms with van der Waals surface area (Å²) in [6, 6.07) is 3.35. The third kappa shape index (κ3) is 4.00. The largest absolute Gasteiger partial charge is 0.394 e. The van der Waals surface area contributed by atoms with Crippen molar-refractivity contribution in [2.45, 2.75) is 11.0 Å². The molecule has 1 aromatic rings. The second kappa shape index (κ2) is 5.87. The lowest BCUT2D eigenvalue weighted by Crippen LogP contribution is -2.33. The van der Waals surface area contributed by atoms with Gasteiger partial charge in [0.15, 0.2) is 0 Å². The number of hydrogen-bond acceptors (Lipinski definition) is 4. The lowest BCUT2D eigenvalue weighted by molar-refractivity contribution is 0.0988. The first-order valence-electron chi connectivity index (χ1n) is 4.60. The molecule has 1 rings (SSSR count). The maximum absolute atomic E-state index is 13.1. The Labute approximate surface area is 106 Å². The summed E-state index contributed by atoms with van der Waals surface area (Å²) in [6.07, 6.45) is -1.19. The van der Waals surface area contributed by atoms with E-state index in [4.69, 9.17) is 10.2 Å². The highest BCUT2D eigenvalue weighted by Crippen LogP contribution is 2.19. The monoisotopic (exact) mass is 327 g/mol. The van der Waals surface area contributed by atoms with Gasteiger partial charge >= 0.3 is 0 Å². The Balaban J connectivity index is 2.86. The predicted molar refractivity (Wildman–Crippen MR) is 62.4 cm³/mol. The quantitative estimate of drug-likeness (QED) is 0.722. The van der Waals surface area contributed by atoms with Crippen LogP contribution in [0.5, 0.6) is 0 Å². The molecule has 0 fully saturated rings. The summed E-state index contributed by atoms with van der Waals surface area (Å²) < 4.78 is 38.6. The van der Waals surface area contributed by atoms with Crippen LogP contribution in [0.2, 0.25) is 0 Å². The summed E-state index contributed by atoms with van der Waals surface area (Å²) >= 11 is 2.91. The molecule has 0 amide bonds. The summed E-state index contributed by atoms with van der Waals surface area (Å²) in [5, 5.41) is 17.5. The van der Waals surface area contributed by atoms with Crippen LogP contribution in [0.4, 0.5) is 4.39 Å². The minimum atomic E-state index is -3.89. The molecule has 0 aromatic heterocycles. The molecule has 17 heavy (non-hydrogen) atoms. The topological polar surface area (TPSA) is 86.6 Å². The van der Waals surface area contributed by atoms with Gasteiger partial charge in [-0.2, -0.15) is 0 Å². The van der Waals surface area contributed by atoms with Crippen LogP contribution >= 0.6 is 15.9 Å². The summed E-state index contributed by atoms with van der Waals surface area (Å²) in [4.78, 5) is -0.247. The van der Waals surface area contributed by atoms with E-state index in [1.54, 1.807) is 0 Å². The Hall–Kier alpha value is -0.540. The summed E-state index contributed by atoms with van der Waals surface area (Å²) in [5.74, 6) is -0.699. The zero-order valence-corrected chi connectivity index (χ0v) is 11.0. The van der Waals surface area contributed by atoms with Crippen molar-refractivity contribution in [2.24, 2.45) is 0 Å². The number of hydrogen-bond donors (Lipinski definition) is 3. The van der Waals surface area contributed by atoms with Crippen LogP contribution in [0.25, 0.3) is 0 Å². The molecule has 8 heteroatoms. The number of sulfonamides is 1. The van der Waals surface area contributed by atoms with Crippen LogP contribution in [-0.2, 0) is 10.0 Å². The van der Waals surface area contributed by atoms with Crippen LogP contribution in [-0.4, -0.2) is 37.9 Å². The van der Waals surface area contributed by atoms with E-state index in [1.165, 1.54) is 12.1 Å². The van der Waals surface area contributed by atoms with Crippen LogP contribution < -0.4 is 4.72 Å². The van der Waals surface area contributed by atoms with E-state index < -0.39 is 28.6 Å². The summed E-state index contributed by atoms with van der Waals surface area (Å²) in [5.41, 5.74) is 0. The molecule has 0 spiro atoms. The number of rotatable bonds is 5. The Morgan fingerprint density at radius 1 is 1.47 bits per heavy atom. The fraction of sp³-hybridized carbons (Fsp3) is 0.333. The standard InChI is InChI=1S/C9H11BrFNO4S/c10-8-2-1-7(3-9(8)11)17(15,16)12-4-6(14)5-13/h1-3,6,12-14H,4-5H2. The SMILES string of the molecule is O=S(=O)(NCC(O)CO)c1ccc(Br)c(F)c1. The van der Waals surface area contributed by atoms with Crippen molar-refractivity contribution in [3.05, 3.63) is 28.5 Å². The lowest BCUT2D eigenvalue weighted by Gasteiger charge is -2.10. The van der Waals surface area contributed by atoms with Crippen LogP contribution in [0.1, 0.15) is 0 Å². The Kier molecular flexibility index (Phi) is 5.02. The summed E-state index contributed by atoms with van der Waals surface area (Å²) in [7, 11) is -3.89. The first kappa shape index (κ1) is 14.5. The van der Waals surface area contributed by atoms with Crippen molar-refractivity contribution < 1.29 is 23.0 Å². The number of nitrogens with one attached hydrogen (secondary N) is 1. The van der Waals surface area contributed by atoms with Gasteiger partial charge in [0, 0.05) is 6.54 Å². The molecular formula is C9H11BrFNO4S. The molecular weight excluding hydrogens is 317 g/mol. The molecule has 0 heterocycles. The third-order valence-corrected chi connectivity index (χ3v) is 3.99. The highest BCUT2D eigenvalue weighted by molar-refractivity contribution is 9.10. The van der Waals surface area contributed by atoms with E-state index in [0.717, 1.165) is 6.07 Å². The normalized spacial score (nSPS) is 13.6. The molecule has 1 unspecified atom stereocenters. The molecule has 96 valence electrons. The minimum absolute atomic E-state index is 0.159. The fourth-order valence-corrected chi connectivity index (χ4v) is 2.33. The molecule has 0 radical (unpaired) electrons. The van der Waals surface area contributed by atoms with Gasteiger partial charge in [0.25, 0.3) is 0 Å². The first-order chi connectivity index (χ1) is 7.86. The van der Waals surface area contributed by atoms with Crippen molar-refractivity contribution in [2.75, 3.05) is 13.2 Å². The molecule has 0 aliphatic heterocycles. The van der Waals surface area contributed by atoms with Gasteiger partial charge in [-0.05, 0) is 34.1 Å². The van der Waals surface area contributed by atoms with Crippen molar-refractivity contribution in [1.29, 1.82) is 0 Å². The van der Waals surface area contributed by atoms with Gasteiger partial charge in [-0.1, -0.05) is 0 Å². The van der Waals surface area contributed by atoms with E-state index in [1.807, 2.05) is 0 Å². The smallest absolute Gasteiger partial charge is 0.240 e. The Morgan fingerprint density at radius 2 is 2.12 bits per heavy atom. The van der Waals surface area contributed by atoms with Crippen LogP contribution in [0.3, 0.4) is 0 Å². The molecule has 0 saturated heterocycles. The Morgan fingerprint density at radius 3 is 2.65 bits per heavy atom. The zero-order valence-electron chi connectivity index (χ0n) is 8.60. The van der Waals surface area contributed by atoms with Gasteiger partial charge < -0.3 is 10.2 Å². The zero-order chi connectivity index (χ0) is 13.1. The van der Waals surface area contributed by atoms with E-state index >= 15 is 0 Å². The molecule has 5 nitrogen and oxygen atoms in total. The molecule has 0 saturated carbocycles. The maximum Gasteiger partial charge on any atom is 0.240 e. The van der Waals surface area contributed by atoms with Gasteiger partial charge in [0.1, 0.15) is 5.82 Å². The molecule has 0 aliphatic rings. The number of halogens is 2. The molecule has 3 N–H and O–H groups in total. The fourth-order valence-electron chi connectivity index (χ4n) is 0.998. The van der Waals surface area contributed by atoms with E-state index in [9.17, 15) is 12.8 Å². The molecule has 0 bridgehead atoms. The second-order valence-electron chi connectivity index (χ2n) is 3.26. The van der Waals surface area contributed by atoms with Gasteiger partial charge in [0.05, 0.1) is 22.1 Å². The number of benzene rings is 1. The molecule has 1 atom stereocenters. The number of aliphatic hydroxyl groups is 2. The molecule has 1 aromatic carbocycles. The third-order valence-electron chi connectivity index (χ3n) is 1.92. The second-order valence-corrected chi connectivity index (χ2v) is 5.89. The van der Waals surface area contributed by atoms with E-state index in [0.29, 0.717) is 0 Å². The molecule has 0 aliphatic carbocycles. The maximum atomic E-state index is 13.1. The van der Waals surface area contributed by atoms with Gasteiger partial charge in [0.2, 0.25) is 10.0 Å².